The van der Waals surface area contributed by atoms with Gasteiger partial charge in [0.1, 0.15) is 5.75 Å². The van der Waals surface area contributed by atoms with Crippen LogP contribution >= 0.6 is 11.3 Å². The number of hydrogen-bond donors (Lipinski definition) is 1. The van der Waals surface area contributed by atoms with Crippen molar-refractivity contribution in [2.24, 2.45) is 5.92 Å². The van der Waals surface area contributed by atoms with Crippen LogP contribution in [0.3, 0.4) is 0 Å². The highest BCUT2D eigenvalue weighted by molar-refractivity contribution is 7.16. The molecule has 1 N–H and O–H groups in total. The highest BCUT2D eigenvalue weighted by atomic mass is 32.1. The van der Waals surface area contributed by atoms with Gasteiger partial charge in [0.25, 0.3) is 0 Å². The van der Waals surface area contributed by atoms with Crippen LogP contribution in [0.5, 0.6) is 5.75 Å². The van der Waals surface area contributed by atoms with Gasteiger partial charge in [0.2, 0.25) is 0 Å². The van der Waals surface area contributed by atoms with E-state index in [0.717, 1.165) is 39.3 Å². The third kappa shape index (κ3) is 4.30. The van der Waals surface area contributed by atoms with Crippen molar-refractivity contribution >= 4 is 27.5 Å². The maximum absolute atomic E-state index is 10.9. The minimum absolute atomic E-state index is 0.132. The molecule has 0 saturated heterocycles. The molecule has 1 saturated carbocycles. The van der Waals surface area contributed by atoms with E-state index in [9.17, 15) is 4.79 Å². The molecule has 0 radical (unpaired) electrons. The zero-order chi connectivity index (χ0) is 18.6. The number of rotatable bonds is 7. The number of fused-ring (bicyclic) bond motifs is 1. The van der Waals surface area contributed by atoms with Gasteiger partial charge in [-0.2, -0.15) is 0 Å². The molecule has 27 heavy (non-hydrogen) atoms. The minimum Gasteiger partial charge on any atom is -0.493 e. The molecule has 0 unspecified atom stereocenters. The molecular formula is C22H23NO3S. The molecule has 0 atom stereocenters. The monoisotopic (exact) mass is 381 g/mol. The summed E-state index contributed by atoms with van der Waals surface area (Å²) in [5, 5.41) is 8.98. The van der Waals surface area contributed by atoms with Gasteiger partial charge in [-0.25, -0.2) is 4.98 Å². The lowest BCUT2D eigenvalue weighted by molar-refractivity contribution is -0.136. The molecule has 4 nitrogen and oxygen atoms in total. The zero-order valence-electron chi connectivity index (χ0n) is 15.2. The predicted molar refractivity (Wildman–Crippen MR) is 108 cm³/mol. The van der Waals surface area contributed by atoms with Gasteiger partial charge in [-0.3, -0.25) is 4.79 Å². The summed E-state index contributed by atoms with van der Waals surface area (Å²) in [7, 11) is 0. The molecule has 0 bridgehead atoms. The fourth-order valence-corrected chi connectivity index (χ4v) is 4.40. The number of ether oxygens (including phenoxy) is 1. The van der Waals surface area contributed by atoms with Crippen molar-refractivity contribution in [3.05, 3.63) is 47.5 Å². The molecule has 1 aromatic heterocycles. The summed E-state index contributed by atoms with van der Waals surface area (Å²) >= 11 is 1.63. The van der Waals surface area contributed by atoms with E-state index in [1.807, 2.05) is 17.6 Å². The van der Waals surface area contributed by atoms with Crippen LogP contribution in [-0.2, 0) is 11.2 Å². The molecule has 4 rings (SSSR count). The second-order valence-electron chi connectivity index (χ2n) is 7.22. The van der Waals surface area contributed by atoms with Crippen LogP contribution in [-0.4, -0.2) is 22.7 Å². The molecule has 5 heteroatoms. The van der Waals surface area contributed by atoms with Crippen LogP contribution in [0.2, 0.25) is 0 Å². The van der Waals surface area contributed by atoms with Crippen LogP contribution in [0.25, 0.3) is 21.3 Å². The summed E-state index contributed by atoms with van der Waals surface area (Å²) < 4.78 is 7.38. The van der Waals surface area contributed by atoms with E-state index in [-0.39, 0.29) is 6.42 Å². The van der Waals surface area contributed by atoms with E-state index < -0.39 is 5.97 Å². The van der Waals surface area contributed by atoms with Crippen molar-refractivity contribution in [1.29, 1.82) is 0 Å². The normalized spacial score (nSPS) is 14.7. The lowest BCUT2D eigenvalue weighted by atomic mass is 9.99. The van der Waals surface area contributed by atoms with Gasteiger partial charge in [0.05, 0.1) is 22.3 Å². The van der Waals surface area contributed by atoms with Gasteiger partial charge in [-0.1, -0.05) is 25.0 Å². The zero-order valence-corrected chi connectivity index (χ0v) is 16.0. The molecular weight excluding hydrogens is 358 g/mol. The third-order valence-electron chi connectivity index (χ3n) is 5.26. The molecule has 1 aliphatic rings. The number of aryl methyl sites for hydroxylation is 1. The maximum Gasteiger partial charge on any atom is 0.303 e. The Morgan fingerprint density at radius 3 is 2.85 bits per heavy atom. The summed E-state index contributed by atoms with van der Waals surface area (Å²) in [4.78, 5) is 15.4. The fourth-order valence-electron chi connectivity index (χ4n) is 3.75. The summed E-state index contributed by atoms with van der Waals surface area (Å²) in [6.07, 6.45) is 5.75. The first-order valence-corrected chi connectivity index (χ1v) is 10.4. The molecule has 0 aliphatic heterocycles. The number of benzene rings is 2. The number of thiazole rings is 1. The smallest absolute Gasteiger partial charge is 0.303 e. The van der Waals surface area contributed by atoms with Crippen LogP contribution in [0.4, 0.5) is 0 Å². The molecule has 3 aromatic rings. The standard InChI is InChI=1S/C22H23NO3S/c24-22(25)10-6-15-5-8-20(26-13-16-3-1-2-4-16)18(11-15)17-7-9-21-19(12-17)23-14-27-21/h5,7-9,11-12,14,16H,1-4,6,10,13H2,(H,24,25). The first-order chi connectivity index (χ1) is 13.2. The molecule has 1 aliphatic carbocycles. The molecule has 1 fully saturated rings. The maximum atomic E-state index is 10.9. The summed E-state index contributed by atoms with van der Waals surface area (Å²) in [5.41, 5.74) is 5.93. The second kappa shape index (κ2) is 8.09. The van der Waals surface area contributed by atoms with Crippen LogP contribution in [0.15, 0.2) is 41.9 Å². The Balaban J connectivity index is 1.64. The average molecular weight is 381 g/mol. The molecule has 0 spiro atoms. The highest BCUT2D eigenvalue weighted by Gasteiger charge is 2.17. The lowest BCUT2D eigenvalue weighted by Crippen LogP contribution is -2.09. The number of nitrogens with zero attached hydrogens (tertiary/aromatic N) is 1. The van der Waals surface area contributed by atoms with E-state index in [1.54, 1.807) is 11.3 Å². The van der Waals surface area contributed by atoms with E-state index in [1.165, 1.54) is 25.7 Å². The number of carboxylic acids is 1. The Morgan fingerprint density at radius 2 is 2.04 bits per heavy atom. The van der Waals surface area contributed by atoms with E-state index in [2.05, 4.69) is 29.2 Å². The number of hydrogen-bond acceptors (Lipinski definition) is 4. The first-order valence-electron chi connectivity index (χ1n) is 9.50. The summed E-state index contributed by atoms with van der Waals surface area (Å²) in [6.45, 7) is 0.750. The van der Waals surface area contributed by atoms with E-state index in [0.29, 0.717) is 12.3 Å². The van der Waals surface area contributed by atoms with E-state index in [4.69, 9.17) is 9.84 Å². The van der Waals surface area contributed by atoms with Crippen molar-refractivity contribution in [2.75, 3.05) is 6.61 Å². The Labute approximate surface area is 162 Å². The molecule has 2 aromatic carbocycles. The van der Waals surface area contributed by atoms with Crippen LogP contribution < -0.4 is 4.74 Å². The van der Waals surface area contributed by atoms with Gasteiger partial charge in [-0.15, -0.1) is 11.3 Å². The number of carboxylic acid groups (broad SMARTS) is 1. The molecule has 1 heterocycles. The Bertz CT molecular complexity index is 944. The quantitative estimate of drug-likeness (QED) is 0.583. The van der Waals surface area contributed by atoms with E-state index >= 15 is 0 Å². The van der Waals surface area contributed by atoms with Crippen molar-refractivity contribution in [1.82, 2.24) is 4.98 Å². The fraction of sp³-hybridized carbons (Fsp3) is 0.364. The van der Waals surface area contributed by atoms with Crippen molar-refractivity contribution in [3.8, 4) is 16.9 Å². The van der Waals surface area contributed by atoms with Gasteiger partial charge in [0, 0.05) is 12.0 Å². The van der Waals surface area contributed by atoms with Gasteiger partial charge in [0.15, 0.2) is 0 Å². The number of carbonyl (C=O) groups is 1. The Kier molecular flexibility index (Phi) is 5.39. The van der Waals surface area contributed by atoms with Gasteiger partial charge < -0.3 is 9.84 Å². The van der Waals surface area contributed by atoms with Crippen molar-refractivity contribution in [2.45, 2.75) is 38.5 Å². The Hall–Kier alpha value is -2.40. The van der Waals surface area contributed by atoms with Crippen LogP contribution in [0, 0.1) is 5.92 Å². The summed E-state index contributed by atoms with van der Waals surface area (Å²) in [5.74, 6) is 0.739. The molecule has 140 valence electrons. The van der Waals surface area contributed by atoms with Crippen LogP contribution in [0.1, 0.15) is 37.7 Å². The van der Waals surface area contributed by atoms with Crippen molar-refractivity contribution in [3.63, 3.8) is 0 Å². The number of aliphatic carboxylic acids is 1. The topological polar surface area (TPSA) is 59.4 Å². The minimum atomic E-state index is -0.776. The Morgan fingerprint density at radius 1 is 1.19 bits per heavy atom. The lowest BCUT2D eigenvalue weighted by Gasteiger charge is -2.16. The highest BCUT2D eigenvalue weighted by Crippen LogP contribution is 2.35. The van der Waals surface area contributed by atoms with Gasteiger partial charge >= 0.3 is 5.97 Å². The summed E-state index contributed by atoms with van der Waals surface area (Å²) in [6, 6.07) is 12.3. The average Bonchev–Trinajstić information content (AvgIpc) is 3.35. The second-order valence-corrected chi connectivity index (χ2v) is 8.11. The third-order valence-corrected chi connectivity index (χ3v) is 6.07. The predicted octanol–water partition coefficient (Wildman–Crippen LogP) is 5.55. The largest absolute Gasteiger partial charge is 0.493 e. The van der Waals surface area contributed by atoms with Crippen molar-refractivity contribution < 1.29 is 14.6 Å². The molecule has 0 amide bonds. The number of aromatic nitrogens is 1. The SMILES string of the molecule is O=C(O)CCc1ccc(OCC2CCCC2)c(-c2ccc3scnc3c2)c1. The first kappa shape index (κ1) is 18.0. The van der Waals surface area contributed by atoms with Gasteiger partial charge in [-0.05, 0) is 60.6 Å².